The van der Waals surface area contributed by atoms with Crippen molar-refractivity contribution in [1.29, 1.82) is 0 Å². The third kappa shape index (κ3) is 4.08. The van der Waals surface area contributed by atoms with Gasteiger partial charge in [-0.05, 0) is 19.1 Å². The monoisotopic (exact) mass is 261 g/mol. The van der Waals surface area contributed by atoms with Crippen LogP contribution in [0.5, 0.6) is 0 Å². The number of pyridine rings is 1. The highest BCUT2D eigenvalue weighted by molar-refractivity contribution is 5.97. The standard InChI is InChI=1S/C13H15N3O3/c1-9(13(18)19-2)16-12(17)11-10(5-3-7-14)6-4-8-15-11/h4,6,8-9H,7,14H2,1-2H3,(H,16,17). The second kappa shape index (κ2) is 7.13. The first-order chi connectivity index (χ1) is 9.10. The predicted octanol–water partition coefficient (Wildman–Crippen LogP) is -0.317. The van der Waals surface area contributed by atoms with Crippen molar-refractivity contribution in [1.82, 2.24) is 10.3 Å². The number of ether oxygens (including phenoxy) is 1. The molecule has 0 aromatic carbocycles. The molecule has 0 saturated heterocycles. The Hall–Kier alpha value is -2.39. The van der Waals surface area contributed by atoms with E-state index in [4.69, 9.17) is 5.73 Å². The van der Waals surface area contributed by atoms with E-state index in [0.29, 0.717) is 5.56 Å². The van der Waals surface area contributed by atoms with Crippen LogP contribution < -0.4 is 11.1 Å². The molecule has 0 bridgehead atoms. The van der Waals surface area contributed by atoms with E-state index >= 15 is 0 Å². The van der Waals surface area contributed by atoms with Crippen LogP contribution in [-0.4, -0.2) is 36.6 Å². The third-order valence-corrected chi connectivity index (χ3v) is 2.25. The number of nitrogens with two attached hydrogens (primary N) is 1. The molecule has 3 N–H and O–H groups in total. The zero-order chi connectivity index (χ0) is 14.3. The Morgan fingerprint density at radius 3 is 2.95 bits per heavy atom. The average molecular weight is 261 g/mol. The summed E-state index contributed by atoms with van der Waals surface area (Å²) in [7, 11) is 1.25. The summed E-state index contributed by atoms with van der Waals surface area (Å²) < 4.78 is 4.53. The van der Waals surface area contributed by atoms with E-state index < -0.39 is 17.9 Å². The summed E-state index contributed by atoms with van der Waals surface area (Å²) in [5.41, 5.74) is 5.90. The smallest absolute Gasteiger partial charge is 0.328 e. The predicted molar refractivity (Wildman–Crippen MR) is 69.1 cm³/mol. The van der Waals surface area contributed by atoms with E-state index in [9.17, 15) is 9.59 Å². The number of nitrogens with zero attached hydrogens (tertiary/aromatic N) is 1. The first-order valence-corrected chi connectivity index (χ1v) is 5.62. The molecule has 1 unspecified atom stereocenters. The van der Waals surface area contributed by atoms with E-state index in [1.54, 1.807) is 12.1 Å². The summed E-state index contributed by atoms with van der Waals surface area (Å²) in [5, 5.41) is 2.49. The Kier molecular flexibility index (Phi) is 5.51. The summed E-state index contributed by atoms with van der Waals surface area (Å²) in [6.07, 6.45) is 1.48. The van der Waals surface area contributed by atoms with Crippen molar-refractivity contribution in [2.24, 2.45) is 5.73 Å². The van der Waals surface area contributed by atoms with Crippen LogP contribution in [0.3, 0.4) is 0 Å². The van der Waals surface area contributed by atoms with Crippen LogP contribution in [0.25, 0.3) is 0 Å². The maximum absolute atomic E-state index is 12.0. The Morgan fingerprint density at radius 2 is 2.32 bits per heavy atom. The van der Waals surface area contributed by atoms with Gasteiger partial charge in [0.05, 0.1) is 19.2 Å². The first-order valence-electron chi connectivity index (χ1n) is 5.62. The molecule has 1 rings (SSSR count). The molecule has 0 spiro atoms. The molecule has 0 aliphatic rings. The van der Waals surface area contributed by atoms with Gasteiger partial charge in [0.2, 0.25) is 0 Å². The summed E-state index contributed by atoms with van der Waals surface area (Å²) in [6, 6.07) is 2.57. The van der Waals surface area contributed by atoms with Crippen molar-refractivity contribution >= 4 is 11.9 Å². The van der Waals surface area contributed by atoms with Crippen LogP contribution in [-0.2, 0) is 9.53 Å². The summed E-state index contributed by atoms with van der Waals surface area (Å²) in [4.78, 5) is 27.2. The lowest BCUT2D eigenvalue weighted by Gasteiger charge is -2.11. The molecule has 0 fully saturated rings. The minimum atomic E-state index is -0.755. The average Bonchev–Trinajstić information content (AvgIpc) is 2.44. The number of hydrogen-bond donors (Lipinski definition) is 2. The van der Waals surface area contributed by atoms with Crippen molar-refractivity contribution < 1.29 is 14.3 Å². The van der Waals surface area contributed by atoms with E-state index in [0.717, 1.165) is 0 Å². The second-order valence-electron chi connectivity index (χ2n) is 3.62. The quantitative estimate of drug-likeness (QED) is 0.574. The number of carbonyl (C=O) groups excluding carboxylic acids is 2. The molecule has 0 saturated carbocycles. The lowest BCUT2D eigenvalue weighted by molar-refractivity contribution is -0.142. The summed E-state index contributed by atoms with van der Waals surface area (Å²) in [5.74, 6) is 4.39. The van der Waals surface area contributed by atoms with Crippen LogP contribution in [0, 0.1) is 11.8 Å². The Morgan fingerprint density at radius 1 is 1.58 bits per heavy atom. The van der Waals surface area contributed by atoms with Crippen molar-refractivity contribution in [3.63, 3.8) is 0 Å². The summed E-state index contributed by atoms with van der Waals surface area (Å²) >= 11 is 0. The maximum atomic E-state index is 12.0. The third-order valence-electron chi connectivity index (χ3n) is 2.25. The molecule has 19 heavy (non-hydrogen) atoms. The van der Waals surface area contributed by atoms with Gasteiger partial charge in [-0.25, -0.2) is 9.78 Å². The number of methoxy groups -OCH3 is 1. The molecule has 6 nitrogen and oxygen atoms in total. The Bertz CT molecular complexity index is 531. The Labute approximate surface area is 111 Å². The highest BCUT2D eigenvalue weighted by atomic mass is 16.5. The van der Waals surface area contributed by atoms with E-state index in [1.165, 1.54) is 20.2 Å². The van der Waals surface area contributed by atoms with Gasteiger partial charge in [-0.1, -0.05) is 11.8 Å². The molecule has 1 aromatic rings. The fourth-order valence-electron chi connectivity index (χ4n) is 1.33. The minimum absolute atomic E-state index is 0.152. The molecule has 1 atom stereocenters. The minimum Gasteiger partial charge on any atom is -0.467 e. The molecule has 1 aromatic heterocycles. The molecule has 0 aliphatic carbocycles. The molecular weight excluding hydrogens is 246 g/mol. The highest BCUT2D eigenvalue weighted by Gasteiger charge is 2.19. The highest BCUT2D eigenvalue weighted by Crippen LogP contribution is 2.04. The van der Waals surface area contributed by atoms with Gasteiger partial charge in [0.15, 0.2) is 0 Å². The van der Waals surface area contributed by atoms with Crippen molar-refractivity contribution in [2.75, 3.05) is 13.7 Å². The maximum Gasteiger partial charge on any atom is 0.328 e. The van der Waals surface area contributed by atoms with Crippen molar-refractivity contribution in [3.8, 4) is 11.8 Å². The fourth-order valence-corrected chi connectivity index (χ4v) is 1.33. The SMILES string of the molecule is COC(=O)C(C)NC(=O)c1ncccc1C#CCN. The van der Waals surface area contributed by atoms with Gasteiger partial charge in [-0.15, -0.1) is 0 Å². The van der Waals surface area contributed by atoms with Gasteiger partial charge in [-0.2, -0.15) is 0 Å². The molecule has 6 heteroatoms. The normalized spacial score (nSPS) is 10.9. The zero-order valence-corrected chi connectivity index (χ0v) is 10.8. The second-order valence-corrected chi connectivity index (χ2v) is 3.62. The van der Waals surface area contributed by atoms with Crippen molar-refractivity contribution in [2.45, 2.75) is 13.0 Å². The van der Waals surface area contributed by atoms with Gasteiger partial charge in [0, 0.05) is 6.20 Å². The number of rotatable bonds is 3. The lowest BCUT2D eigenvalue weighted by atomic mass is 10.1. The molecule has 1 heterocycles. The lowest BCUT2D eigenvalue weighted by Crippen LogP contribution is -2.39. The van der Waals surface area contributed by atoms with E-state index in [1.807, 2.05) is 0 Å². The molecule has 0 radical (unpaired) electrons. The van der Waals surface area contributed by atoms with Gasteiger partial charge in [0.25, 0.3) is 5.91 Å². The van der Waals surface area contributed by atoms with Crippen LogP contribution >= 0.6 is 0 Å². The van der Waals surface area contributed by atoms with Gasteiger partial charge < -0.3 is 15.8 Å². The van der Waals surface area contributed by atoms with Crippen LogP contribution in [0.15, 0.2) is 18.3 Å². The molecule has 1 amide bonds. The van der Waals surface area contributed by atoms with E-state index in [-0.39, 0.29) is 12.2 Å². The number of hydrogen-bond acceptors (Lipinski definition) is 5. The number of aromatic nitrogens is 1. The van der Waals surface area contributed by atoms with Gasteiger partial charge in [0.1, 0.15) is 11.7 Å². The number of carbonyl (C=O) groups is 2. The number of esters is 1. The number of nitrogens with one attached hydrogen (secondary N) is 1. The van der Waals surface area contributed by atoms with Gasteiger partial charge in [-0.3, -0.25) is 4.79 Å². The molecule has 100 valence electrons. The van der Waals surface area contributed by atoms with E-state index in [2.05, 4.69) is 26.9 Å². The van der Waals surface area contributed by atoms with Crippen LogP contribution in [0.4, 0.5) is 0 Å². The van der Waals surface area contributed by atoms with Gasteiger partial charge >= 0.3 is 5.97 Å². The molecular formula is C13H15N3O3. The summed E-state index contributed by atoms with van der Waals surface area (Å²) in [6.45, 7) is 1.71. The zero-order valence-electron chi connectivity index (χ0n) is 10.8. The molecule has 0 aliphatic heterocycles. The Balaban J connectivity index is 2.91. The van der Waals surface area contributed by atoms with Crippen LogP contribution in [0.1, 0.15) is 23.0 Å². The fraction of sp³-hybridized carbons (Fsp3) is 0.308. The van der Waals surface area contributed by atoms with Crippen LogP contribution in [0.2, 0.25) is 0 Å². The largest absolute Gasteiger partial charge is 0.467 e. The number of amides is 1. The van der Waals surface area contributed by atoms with Crippen molar-refractivity contribution in [3.05, 3.63) is 29.6 Å². The first kappa shape index (κ1) is 14.7. The topological polar surface area (TPSA) is 94.3 Å².